The van der Waals surface area contributed by atoms with E-state index in [4.69, 9.17) is 0 Å². The zero-order chi connectivity index (χ0) is 17.3. The number of carbonyl (C=O) groups excluding carboxylic acids is 1. The van der Waals surface area contributed by atoms with Crippen molar-refractivity contribution in [3.63, 3.8) is 0 Å². The van der Waals surface area contributed by atoms with Crippen molar-refractivity contribution in [2.75, 3.05) is 31.2 Å². The highest BCUT2D eigenvalue weighted by molar-refractivity contribution is 7.88. The van der Waals surface area contributed by atoms with Gasteiger partial charge in [-0.25, -0.2) is 23.1 Å². The molecule has 8 nitrogen and oxygen atoms in total. The summed E-state index contributed by atoms with van der Waals surface area (Å²) in [5.41, 5.74) is 0. The van der Waals surface area contributed by atoms with Crippen LogP contribution in [-0.2, 0) is 14.8 Å². The van der Waals surface area contributed by atoms with Gasteiger partial charge in [-0.05, 0) is 31.7 Å². The van der Waals surface area contributed by atoms with Crippen molar-refractivity contribution in [2.45, 2.75) is 25.8 Å². The smallest absolute Gasteiger partial charge is 0.237 e. The number of nitrogens with one attached hydrogen (secondary N) is 2. The van der Waals surface area contributed by atoms with Gasteiger partial charge >= 0.3 is 0 Å². The molecule has 10 heteroatoms. The Morgan fingerprint density at radius 1 is 1.36 bits per heavy atom. The van der Waals surface area contributed by atoms with E-state index in [0.717, 1.165) is 12.1 Å². The lowest BCUT2D eigenvalue weighted by atomic mass is 9.98. The molecule has 1 saturated heterocycles. The van der Waals surface area contributed by atoms with Crippen molar-refractivity contribution < 1.29 is 13.2 Å². The number of carbonyl (C=O) groups is 1. The van der Waals surface area contributed by atoms with E-state index in [-0.39, 0.29) is 30.9 Å². The molecule has 0 unspecified atom stereocenters. The van der Waals surface area contributed by atoms with Crippen LogP contribution in [0.4, 0.5) is 5.82 Å². The highest BCUT2D eigenvalue weighted by Crippen LogP contribution is 2.42. The summed E-state index contributed by atoms with van der Waals surface area (Å²) in [6, 6.07) is 1.96. The Kier molecular flexibility index (Phi) is 6.23. The molecule has 1 aromatic rings. The van der Waals surface area contributed by atoms with Crippen molar-refractivity contribution in [2.24, 2.45) is 11.8 Å². The lowest BCUT2D eigenvalue weighted by Gasteiger charge is -2.19. The summed E-state index contributed by atoms with van der Waals surface area (Å²) in [6.45, 7) is 2.88. The third kappa shape index (κ3) is 5.52. The molecular formula is C15H24ClN5O3S. The van der Waals surface area contributed by atoms with Crippen LogP contribution in [0.25, 0.3) is 0 Å². The van der Waals surface area contributed by atoms with Crippen molar-refractivity contribution in [3.05, 3.63) is 18.1 Å². The molecule has 25 heavy (non-hydrogen) atoms. The number of hydrogen-bond acceptors (Lipinski definition) is 6. The van der Waals surface area contributed by atoms with Gasteiger partial charge in [-0.2, -0.15) is 0 Å². The fraction of sp³-hybridized carbons (Fsp3) is 0.667. The maximum absolute atomic E-state index is 12.3. The Labute approximate surface area is 154 Å². The van der Waals surface area contributed by atoms with Crippen LogP contribution in [0.3, 0.4) is 0 Å². The summed E-state index contributed by atoms with van der Waals surface area (Å²) in [7, 11) is -3.36. The van der Waals surface area contributed by atoms with Gasteiger partial charge in [0.25, 0.3) is 0 Å². The number of anilines is 1. The number of aryl methyl sites for hydroxylation is 1. The molecule has 3 rings (SSSR count). The monoisotopic (exact) mass is 389 g/mol. The normalized spacial score (nSPS) is 23.2. The first-order valence-electron chi connectivity index (χ1n) is 8.10. The minimum atomic E-state index is -3.36. The molecule has 1 aliphatic carbocycles. The molecule has 1 saturated carbocycles. The predicted molar refractivity (Wildman–Crippen MR) is 97.1 cm³/mol. The molecule has 140 valence electrons. The van der Waals surface area contributed by atoms with Gasteiger partial charge in [0.15, 0.2) is 0 Å². The molecule has 0 radical (unpaired) electrons. The van der Waals surface area contributed by atoms with Gasteiger partial charge in [-0.3, -0.25) is 4.79 Å². The zero-order valence-electron chi connectivity index (χ0n) is 14.3. The van der Waals surface area contributed by atoms with E-state index >= 15 is 0 Å². The second kappa shape index (κ2) is 7.84. The maximum Gasteiger partial charge on any atom is 0.237 e. The Morgan fingerprint density at radius 3 is 2.68 bits per heavy atom. The predicted octanol–water partition coefficient (Wildman–Crippen LogP) is 0.405. The Hall–Kier alpha value is -1.45. The molecule has 2 atom stereocenters. The second-order valence-corrected chi connectivity index (χ2v) is 8.47. The van der Waals surface area contributed by atoms with Crippen LogP contribution in [0.2, 0.25) is 0 Å². The molecule has 0 aromatic carbocycles. The molecule has 2 N–H and O–H groups in total. The highest BCUT2D eigenvalue weighted by Gasteiger charge is 2.43. The molecule has 1 aliphatic heterocycles. The molecular weight excluding hydrogens is 366 g/mol. The number of amides is 1. The first-order chi connectivity index (χ1) is 11.3. The summed E-state index contributed by atoms with van der Waals surface area (Å²) < 4.78 is 24.6. The second-order valence-electron chi connectivity index (χ2n) is 6.63. The summed E-state index contributed by atoms with van der Waals surface area (Å²) in [6.07, 6.45) is 5.15. The zero-order valence-corrected chi connectivity index (χ0v) is 15.9. The summed E-state index contributed by atoms with van der Waals surface area (Å²) in [4.78, 5) is 22.5. The molecule has 1 amide bonds. The van der Waals surface area contributed by atoms with Crippen molar-refractivity contribution >= 4 is 34.2 Å². The summed E-state index contributed by atoms with van der Waals surface area (Å²) in [5.74, 6) is 2.29. The number of sulfonamides is 1. The van der Waals surface area contributed by atoms with Crippen molar-refractivity contribution in [1.82, 2.24) is 19.6 Å². The standard InChI is InChI=1S/C15H23N5O3S.ClH/c1-10-16-6-5-14(18-10)19-13-9-20(8-12(13)11-3-4-11)15(21)7-17-24(2,22)23;/h5-6,11-13,17H,3-4,7-9H2,1-2H3,(H,16,18,19);1H/t12-,13+;/m1./s1. The number of rotatable bonds is 6. The Morgan fingerprint density at radius 2 is 2.08 bits per heavy atom. The Balaban J connectivity index is 0.00000225. The summed E-state index contributed by atoms with van der Waals surface area (Å²) in [5, 5.41) is 3.43. The first kappa shape index (κ1) is 19.9. The number of aromatic nitrogens is 2. The Bertz CT molecular complexity index is 726. The quantitative estimate of drug-likeness (QED) is 0.730. The third-order valence-corrected chi connectivity index (χ3v) is 5.21. The lowest BCUT2D eigenvalue weighted by molar-refractivity contribution is -0.129. The van der Waals surface area contributed by atoms with Crippen molar-refractivity contribution in [1.29, 1.82) is 0 Å². The van der Waals surface area contributed by atoms with Crippen LogP contribution in [0.15, 0.2) is 12.3 Å². The molecule has 2 fully saturated rings. The van der Waals surface area contributed by atoms with E-state index < -0.39 is 10.0 Å². The highest BCUT2D eigenvalue weighted by atomic mass is 35.5. The average Bonchev–Trinajstić information content (AvgIpc) is 3.25. The maximum atomic E-state index is 12.3. The van der Waals surface area contributed by atoms with Crippen LogP contribution in [0, 0.1) is 18.8 Å². The van der Waals surface area contributed by atoms with E-state index in [0.29, 0.717) is 30.7 Å². The molecule has 0 spiro atoms. The van der Waals surface area contributed by atoms with Gasteiger partial charge in [-0.1, -0.05) is 0 Å². The number of likely N-dealkylation sites (tertiary alicyclic amines) is 1. The van der Waals surface area contributed by atoms with E-state index in [1.807, 2.05) is 13.0 Å². The number of halogens is 1. The van der Waals surface area contributed by atoms with Crippen LogP contribution in [0.5, 0.6) is 0 Å². The first-order valence-corrected chi connectivity index (χ1v) is 9.99. The fourth-order valence-corrected chi connectivity index (χ4v) is 3.60. The minimum Gasteiger partial charge on any atom is -0.365 e. The van der Waals surface area contributed by atoms with Gasteiger partial charge in [-0.15, -0.1) is 12.4 Å². The van der Waals surface area contributed by atoms with E-state index in [2.05, 4.69) is 20.0 Å². The average molecular weight is 390 g/mol. The van der Waals surface area contributed by atoms with Crippen LogP contribution < -0.4 is 10.0 Å². The van der Waals surface area contributed by atoms with Gasteiger partial charge in [0.05, 0.1) is 12.8 Å². The van der Waals surface area contributed by atoms with E-state index in [1.165, 1.54) is 12.8 Å². The molecule has 0 bridgehead atoms. The number of hydrogen-bond donors (Lipinski definition) is 2. The fourth-order valence-electron chi connectivity index (χ4n) is 3.22. The SMILES string of the molecule is Cc1nccc(N[C@H]2CN(C(=O)CNS(C)(=O)=O)C[C@@H]2C2CC2)n1.Cl. The molecule has 2 aliphatic rings. The van der Waals surface area contributed by atoms with Gasteiger partial charge in [0, 0.05) is 31.2 Å². The van der Waals surface area contributed by atoms with Crippen LogP contribution in [0.1, 0.15) is 18.7 Å². The lowest BCUT2D eigenvalue weighted by Crippen LogP contribution is -2.39. The van der Waals surface area contributed by atoms with E-state index in [1.54, 1.807) is 11.1 Å². The summed E-state index contributed by atoms with van der Waals surface area (Å²) >= 11 is 0. The third-order valence-electron chi connectivity index (χ3n) is 4.54. The topological polar surface area (TPSA) is 104 Å². The molecule has 2 heterocycles. The number of nitrogens with zero attached hydrogens (tertiary/aromatic N) is 3. The van der Waals surface area contributed by atoms with Gasteiger partial charge < -0.3 is 10.2 Å². The van der Waals surface area contributed by atoms with Crippen LogP contribution >= 0.6 is 12.4 Å². The van der Waals surface area contributed by atoms with Crippen LogP contribution in [-0.4, -0.2) is 61.1 Å². The van der Waals surface area contributed by atoms with Gasteiger partial charge in [0.1, 0.15) is 11.6 Å². The van der Waals surface area contributed by atoms with Gasteiger partial charge in [0.2, 0.25) is 15.9 Å². The minimum absolute atomic E-state index is 0. The van der Waals surface area contributed by atoms with Crippen molar-refractivity contribution in [3.8, 4) is 0 Å². The largest absolute Gasteiger partial charge is 0.365 e. The molecule has 1 aromatic heterocycles. The van der Waals surface area contributed by atoms with E-state index in [9.17, 15) is 13.2 Å².